The van der Waals surface area contributed by atoms with E-state index >= 15 is 0 Å². The van der Waals surface area contributed by atoms with Crippen LogP contribution < -0.4 is 16.0 Å². The molecule has 2 heterocycles. The number of hydrogen-bond donors (Lipinski definition) is 3. The number of anilines is 5. The summed E-state index contributed by atoms with van der Waals surface area (Å²) in [7, 11) is 0. The molecule has 6 heteroatoms. The number of fused-ring (bicyclic) bond motifs is 1. The van der Waals surface area contributed by atoms with Crippen molar-refractivity contribution in [2.24, 2.45) is 0 Å². The zero-order valence-corrected chi connectivity index (χ0v) is 17.7. The summed E-state index contributed by atoms with van der Waals surface area (Å²) < 4.78 is 0. The van der Waals surface area contributed by atoms with E-state index in [0.717, 1.165) is 33.7 Å². The lowest BCUT2D eigenvalue weighted by Gasteiger charge is -2.11. The predicted octanol–water partition coefficient (Wildman–Crippen LogP) is 6.37. The second-order valence-corrected chi connectivity index (χ2v) is 7.47. The molecule has 6 nitrogen and oxygen atoms in total. The molecule has 5 aromatic rings. The van der Waals surface area contributed by atoms with E-state index in [-0.39, 0.29) is 5.91 Å². The van der Waals surface area contributed by atoms with Gasteiger partial charge in [0.1, 0.15) is 0 Å². The van der Waals surface area contributed by atoms with E-state index in [1.807, 2.05) is 78.9 Å². The summed E-state index contributed by atoms with van der Waals surface area (Å²) in [4.78, 5) is 21.2. The molecule has 3 aromatic carbocycles. The highest BCUT2D eigenvalue weighted by molar-refractivity contribution is 6.04. The molecule has 0 unspecified atom stereocenters. The van der Waals surface area contributed by atoms with Crippen LogP contribution in [0, 0.1) is 0 Å². The van der Waals surface area contributed by atoms with Crippen LogP contribution >= 0.6 is 0 Å². The van der Waals surface area contributed by atoms with Crippen LogP contribution in [0.4, 0.5) is 28.4 Å². The number of pyridine rings is 2. The molecular formula is C27H21N5O. The Labute approximate surface area is 191 Å². The summed E-state index contributed by atoms with van der Waals surface area (Å²) in [5.41, 5.74) is 5.89. The number of aromatic nitrogens is 2. The first-order valence-corrected chi connectivity index (χ1v) is 10.5. The zero-order valence-electron chi connectivity index (χ0n) is 17.7. The minimum atomic E-state index is -0.169. The molecule has 3 N–H and O–H groups in total. The number of benzene rings is 3. The largest absolute Gasteiger partial charge is 0.355 e. The number of hydrogen-bond acceptors (Lipinski definition) is 5. The van der Waals surface area contributed by atoms with E-state index in [0.29, 0.717) is 11.3 Å². The van der Waals surface area contributed by atoms with Gasteiger partial charge in [-0.25, -0.2) is 0 Å². The van der Waals surface area contributed by atoms with Gasteiger partial charge in [0, 0.05) is 58.0 Å². The van der Waals surface area contributed by atoms with E-state index in [9.17, 15) is 4.79 Å². The van der Waals surface area contributed by atoms with Crippen molar-refractivity contribution >= 4 is 45.2 Å². The SMILES string of the molecule is O=C(Nc1cccc(Nc2ccncc2)c1)c1ccc(Nc2cccc3ncccc23)cc1. The highest BCUT2D eigenvalue weighted by atomic mass is 16.1. The smallest absolute Gasteiger partial charge is 0.255 e. The number of nitrogens with one attached hydrogen (secondary N) is 3. The molecule has 0 aliphatic heterocycles. The fourth-order valence-electron chi connectivity index (χ4n) is 3.55. The zero-order chi connectivity index (χ0) is 22.5. The number of carbonyl (C=O) groups excluding carboxylic acids is 1. The summed E-state index contributed by atoms with van der Waals surface area (Å²) in [5.74, 6) is -0.169. The molecule has 0 bridgehead atoms. The minimum Gasteiger partial charge on any atom is -0.355 e. The van der Waals surface area contributed by atoms with Crippen molar-refractivity contribution in [2.75, 3.05) is 16.0 Å². The number of amides is 1. The molecule has 5 rings (SSSR count). The average molecular weight is 431 g/mol. The normalized spacial score (nSPS) is 10.5. The predicted molar refractivity (Wildman–Crippen MR) is 133 cm³/mol. The Kier molecular flexibility index (Phi) is 5.63. The molecule has 2 aromatic heterocycles. The van der Waals surface area contributed by atoms with Crippen LogP contribution in [0.5, 0.6) is 0 Å². The van der Waals surface area contributed by atoms with Gasteiger partial charge in [0.05, 0.1) is 5.52 Å². The molecule has 0 aliphatic carbocycles. The highest BCUT2D eigenvalue weighted by Gasteiger charge is 2.08. The summed E-state index contributed by atoms with van der Waals surface area (Å²) in [6, 6.07) is 28.7. The van der Waals surface area contributed by atoms with Crippen LogP contribution in [0.25, 0.3) is 10.9 Å². The Bertz CT molecular complexity index is 1400. The molecule has 0 aliphatic rings. The quantitative estimate of drug-likeness (QED) is 0.291. The Morgan fingerprint density at radius 3 is 2.24 bits per heavy atom. The maximum absolute atomic E-state index is 12.8. The van der Waals surface area contributed by atoms with Crippen LogP contribution in [-0.4, -0.2) is 15.9 Å². The monoisotopic (exact) mass is 431 g/mol. The van der Waals surface area contributed by atoms with E-state index in [1.165, 1.54) is 0 Å². The van der Waals surface area contributed by atoms with Crippen molar-refractivity contribution in [3.8, 4) is 0 Å². The molecule has 0 radical (unpaired) electrons. The second kappa shape index (κ2) is 9.20. The molecular weight excluding hydrogens is 410 g/mol. The molecule has 33 heavy (non-hydrogen) atoms. The van der Waals surface area contributed by atoms with Gasteiger partial charge in [-0.05, 0) is 78.9 Å². The average Bonchev–Trinajstić information content (AvgIpc) is 2.86. The third-order valence-electron chi connectivity index (χ3n) is 5.16. The van der Waals surface area contributed by atoms with Crippen molar-refractivity contribution in [1.29, 1.82) is 0 Å². The first-order chi connectivity index (χ1) is 16.2. The fourth-order valence-corrected chi connectivity index (χ4v) is 3.55. The topological polar surface area (TPSA) is 78.9 Å². The Morgan fingerprint density at radius 1 is 0.636 bits per heavy atom. The van der Waals surface area contributed by atoms with Gasteiger partial charge in [-0.3, -0.25) is 14.8 Å². The van der Waals surface area contributed by atoms with Gasteiger partial charge in [-0.1, -0.05) is 12.1 Å². The van der Waals surface area contributed by atoms with Gasteiger partial charge in [0.25, 0.3) is 5.91 Å². The van der Waals surface area contributed by atoms with Gasteiger partial charge in [-0.2, -0.15) is 0 Å². The molecule has 0 fully saturated rings. The first kappa shape index (κ1) is 20.2. The van der Waals surface area contributed by atoms with Crippen molar-refractivity contribution in [3.05, 3.63) is 115 Å². The molecule has 1 amide bonds. The maximum atomic E-state index is 12.8. The van der Waals surface area contributed by atoms with Gasteiger partial charge < -0.3 is 16.0 Å². The highest BCUT2D eigenvalue weighted by Crippen LogP contribution is 2.25. The lowest BCUT2D eigenvalue weighted by atomic mass is 10.1. The second-order valence-electron chi connectivity index (χ2n) is 7.47. The van der Waals surface area contributed by atoms with Crippen molar-refractivity contribution in [1.82, 2.24) is 9.97 Å². The summed E-state index contributed by atoms with van der Waals surface area (Å²) in [5, 5.41) is 10.7. The Hall–Kier alpha value is -4.71. The van der Waals surface area contributed by atoms with Gasteiger partial charge in [0.15, 0.2) is 0 Å². The molecule has 0 saturated heterocycles. The van der Waals surface area contributed by atoms with Crippen LogP contribution in [0.1, 0.15) is 10.4 Å². The number of nitrogens with zero attached hydrogens (tertiary/aromatic N) is 2. The Morgan fingerprint density at radius 2 is 1.39 bits per heavy atom. The molecule has 0 saturated carbocycles. The molecule has 0 spiro atoms. The molecule has 0 atom stereocenters. The van der Waals surface area contributed by atoms with Crippen molar-refractivity contribution in [3.63, 3.8) is 0 Å². The lowest BCUT2D eigenvalue weighted by Crippen LogP contribution is -2.11. The Balaban J connectivity index is 1.27. The van der Waals surface area contributed by atoms with Gasteiger partial charge >= 0.3 is 0 Å². The molecule has 160 valence electrons. The maximum Gasteiger partial charge on any atom is 0.255 e. The van der Waals surface area contributed by atoms with Crippen molar-refractivity contribution < 1.29 is 4.79 Å². The minimum absolute atomic E-state index is 0.169. The summed E-state index contributed by atoms with van der Waals surface area (Å²) >= 11 is 0. The van der Waals surface area contributed by atoms with Gasteiger partial charge in [0.2, 0.25) is 0 Å². The number of rotatable bonds is 6. The lowest BCUT2D eigenvalue weighted by molar-refractivity contribution is 0.102. The number of carbonyl (C=O) groups is 1. The summed E-state index contributed by atoms with van der Waals surface area (Å²) in [6.07, 6.45) is 5.23. The van der Waals surface area contributed by atoms with E-state index in [2.05, 4.69) is 25.9 Å². The van der Waals surface area contributed by atoms with E-state index in [1.54, 1.807) is 30.7 Å². The van der Waals surface area contributed by atoms with Crippen LogP contribution in [0.2, 0.25) is 0 Å². The third kappa shape index (κ3) is 4.80. The summed E-state index contributed by atoms with van der Waals surface area (Å²) in [6.45, 7) is 0. The third-order valence-corrected chi connectivity index (χ3v) is 5.16. The van der Waals surface area contributed by atoms with Gasteiger partial charge in [-0.15, -0.1) is 0 Å². The van der Waals surface area contributed by atoms with E-state index < -0.39 is 0 Å². The fraction of sp³-hybridized carbons (Fsp3) is 0. The van der Waals surface area contributed by atoms with Crippen LogP contribution in [0.3, 0.4) is 0 Å². The van der Waals surface area contributed by atoms with Crippen LogP contribution in [-0.2, 0) is 0 Å². The first-order valence-electron chi connectivity index (χ1n) is 10.5. The van der Waals surface area contributed by atoms with Crippen LogP contribution in [0.15, 0.2) is 110 Å². The standard InChI is InChI=1S/C27H21N5O/c33-27(32-23-5-1-4-22(18-23)30-21-13-16-28-17-14-21)19-9-11-20(12-10-19)31-26-8-2-7-25-24(26)6-3-15-29-25/h1-18,31H,(H,28,30)(H,32,33). The van der Waals surface area contributed by atoms with Crippen molar-refractivity contribution in [2.45, 2.75) is 0 Å². The van der Waals surface area contributed by atoms with E-state index in [4.69, 9.17) is 0 Å².